The number of amides is 1. The number of aryl methyl sites for hydroxylation is 1. The maximum atomic E-state index is 13.2. The summed E-state index contributed by atoms with van der Waals surface area (Å²) in [5.41, 5.74) is 1.70. The predicted molar refractivity (Wildman–Crippen MR) is 93.8 cm³/mol. The highest BCUT2D eigenvalue weighted by Gasteiger charge is 2.60. The van der Waals surface area contributed by atoms with Crippen LogP contribution in [0.15, 0.2) is 10.9 Å². The van der Waals surface area contributed by atoms with Crippen LogP contribution in [0.3, 0.4) is 0 Å². The maximum absolute atomic E-state index is 13.2. The number of carbonyl (C=O) groups is 1. The van der Waals surface area contributed by atoms with Gasteiger partial charge in [-0.2, -0.15) is 4.80 Å². The van der Waals surface area contributed by atoms with Gasteiger partial charge in [0, 0.05) is 11.1 Å². The summed E-state index contributed by atoms with van der Waals surface area (Å²) in [7, 11) is 0. The summed E-state index contributed by atoms with van der Waals surface area (Å²) in [6.45, 7) is 0. The highest BCUT2D eigenvalue weighted by molar-refractivity contribution is 5.93. The fraction of sp³-hybridized carbons (Fsp3) is 0.737. The monoisotopic (exact) mass is 368 g/mol. The summed E-state index contributed by atoms with van der Waals surface area (Å²) < 4.78 is 5.49. The lowest BCUT2D eigenvalue weighted by Crippen LogP contribution is -2.66. The van der Waals surface area contributed by atoms with Crippen LogP contribution in [-0.2, 0) is 18.4 Å². The lowest BCUT2D eigenvalue weighted by molar-refractivity contribution is -0.0812. The van der Waals surface area contributed by atoms with Crippen molar-refractivity contribution in [3.63, 3.8) is 0 Å². The van der Waals surface area contributed by atoms with Gasteiger partial charge in [0.05, 0.1) is 11.2 Å². The minimum atomic E-state index is -0.191. The predicted octanol–water partition coefficient (Wildman–Crippen LogP) is 2.02. The molecule has 2 aromatic heterocycles. The summed E-state index contributed by atoms with van der Waals surface area (Å²) in [6.07, 6.45) is 12.0. The number of carbonyl (C=O) groups excluding carboxylic acids is 1. The van der Waals surface area contributed by atoms with Crippen molar-refractivity contribution in [3.05, 3.63) is 23.3 Å². The third-order valence-electron chi connectivity index (χ3n) is 7.35. The van der Waals surface area contributed by atoms with Gasteiger partial charge in [0.25, 0.3) is 5.91 Å². The highest BCUT2D eigenvalue weighted by atomic mass is 16.5. The molecule has 142 valence electrons. The lowest BCUT2D eigenvalue weighted by Gasteiger charge is -2.61. The molecule has 4 bridgehead atoms. The van der Waals surface area contributed by atoms with E-state index in [0.29, 0.717) is 17.6 Å². The van der Waals surface area contributed by atoms with E-state index in [4.69, 9.17) is 4.52 Å². The Kier molecular flexibility index (Phi) is 3.15. The minimum absolute atomic E-state index is 0.0886. The Morgan fingerprint density at radius 3 is 2.78 bits per heavy atom. The Morgan fingerprint density at radius 1 is 1.19 bits per heavy atom. The van der Waals surface area contributed by atoms with E-state index >= 15 is 0 Å². The second-order valence-corrected chi connectivity index (χ2v) is 9.29. The molecule has 8 nitrogen and oxygen atoms in total. The number of tetrazole rings is 1. The third kappa shape index (κ3) is 2.31. The van der Waals surface area contributed by atoms with Crippen molar-refractivity contribution in [2.45, 2.75) is 75.3 Å². The fourth-order valence-corrected chi connectivity index (χ4v) is 6.85. The van der Waals surface area contributed by atoms with Gasteiger partial charge in [-0.1, -0.05) is 5.16 Å². The number of hydrogen-bond donors (Lipinski definition) is 1. The Labute approximate surface area is 157 Å². The molecule has 0 aliphatic heterocycles. The first kappa shape index (κ1) is 15.8. The van der Waals surface area contributed by atoms with Crippen LogP contribution in [0.4, 0.5) is 0 Å². The van der Waals surface area contributed by atoms with Crippen LogP contribution < -0.4 is 5.32 Å². The summed E-state index contributed by atoms with van der Waals surface area (Å²) in [6, 6.07) is 0. The first-order chi connectivity index (χ1) is 13.1. The molecule has 1 N–H and O–H groups in total. The molecule has 2 aromatic rings. The normalized spacial score (nSPS) is 36.6. The van der Waals surface area contributed by atoms with Gasteiger partial charge in [0.15, 0.2) is 6.33 Å². The Bertz CT molecular complexity index is 874. The highest BCUT2D eigenvalue weighted by Crippen LogP contribution is 2.60. The van der Waals surface area contributed by atoms with Gasteiger partial charge in [0.1, 0.15) is 0 Å². The van der Waals surface area contributed by atoms with E-state index in [0.717, 1.165) is 69.0 Å². The number of fused-ring (bicyclic) bond motifs is 1. The van der Waals surface area contributed by atoms with Crippen LogP contribution in [0.5, 0.6) is 0 Å². The molecule has 0 radical (unpaired) electrons. The molecule has 2 unspecified atom stereocenters. The van der Waals surface area contributed by atoms with Crippen LogP contribution in [0.25, 0.3) is 0 Å². The standard InChI is InChI=1S/C19H24N6O2/c26-17(16-14-3-1-2-4-15(14)23-27-16)22-18-6-12-5-13(7-18)9-19(8-12,10-18)25-21-11-20-24-25/h11-13H,1-10H2,(H,22,26)/t12-,13+,18?,19?. The van der Waals surface area contributed by atoms with Crippen molar-refractivity contribution in [1.29, 1.82) is 0 Å². The number of nitrogens with zero attached hydrogens (tertiary/aromatic N) is 5. The van der Waals surface area contributed by atoms with E-state index < -0.39 is 0 Å². The Morgan fingerprint density at radius 2 is 2.00 bits per heavy atom. The smallest absolute Gasteiger partial charge is 0.290 e. The zero-order chi connectivity index (χ0) is 18.1. The van der Waals surface area contributed by atoms with Gasteiger partial charge in [-0.15, -0.1) is 10.2 Å². The van der Waals surface area contributed by atoms with Gasteiger partial charge in [0.2, 0.25) is 5.76 Å². The van der Waals surface area contributed by atoms with Crippen molar-refractivity contribution in [2.24, 2.45) is 11.8 Å². The molecule has 4 saturated carbocycles. The van der Waals surface area contributed by atoms with E-state index in [1.165, 1.54) is 12.7 Å². The molecule has 4 atom stereocenters. The van der Waals surface area contributed by atoms with Crippen molar-refractivity contribution < 1.29 is 9.32 Å². The van der Waals surface area contributed by atoms with Crippen LogP contribution >= 0.6 is 0 Å². The van der Waals surface area contributed by atoms with Gasteiger partial charge < -0.3 is 9.84 Å². The SMILES string of the molecule is O=C(NC12C[C@H]3C[C@@H](C1)CC(n1ncnn1)(C3)C2)c1onc2c1CCCC2. The van der Waals surface area contributed by atoms with Crippen molar-refractivity contribution >= 4 is 5.91 Å². The van der Waals surface area contributed by atoms with Gasteiger partial charge >= 0.3 is 0 Å². The zero-order valence-electron chi connectivity index (χ0n) is 15.4. The molecule has 1 amide bonds. The fourth-order valence-electron chi connectivity index (χ4n) is 6.85. The summed E-state index contributed by atoms with van der Waals surface area (Å²) in [5.74, 6) is 1.57. The Balaban J connectivity index is 1.31. The average molecular weight is 368 g/mol. The van der Waals surface area contributed by atoms with E-state index in [-0.39, 0.29) is 17.0 Å². The summed E-state index contributed by atoms with van der Waals surface area (Å²) in [5, 5.41) is 20.1. The first-order valence-electron chi connectivity index (χ1n) is 10.2. The number of nitrogens with one attached hydrogen (secondary N) is 1. The quantitative estimate of drug-likeness (QED) is 0.890. The topological polar surface area (TPSA) is 98.7 Å². The van der Waals surface area contributed by atoms with E-state index in [9.17, 15) is 4.79 Å². The maximum Gasteiger partial charge on any atom is 0.290 e. The van der Waals surface area contributed by atoms with Crippen molar-refractivity contribution in [1.82, 2.24) is 30.7 Å². The molecular formula is C19H24N6O2. The van der Waals surface area contributed by atoms with E-state index in [1.54, 1.807) is 0 Å². The van der Waals surface area contributed by atoms with E-state index in [1.807, 2.05) is 4.80 Å². The molecule has 0 aromatic carbocycles. The van der Waals surface area contributed by atoms with Gasteiger partial charge in [-0.05, 0) is 81.3 Å². The van der Waals surface area contributed by atoms with Crippen molar-refractivity contribution in [2.75, 3.05) is 0 Å². The van der Waals surface area contributed by atoms with E-state index in [2.05, 4.69) is 25.9 Å². The second-order valence-electron chi connectivity index (χ2n) is 9.29. The molecule has 8 heteroatoms. The summed E-state index contributed by atoms with van der Waals surface area (Å²) >= 11 is 0. The largest absolute Gasteiger partial charge is 0.350 e. The molecule has 2 heterocycles. The number of hydrogen-bond acceptors (Lipinski definition) is 6. The minimum Gasteiger partial charge on any atom is -0.350 e. The van der Waals surface area contributed by atoms with Crippen LogP contribution in [0, 0.1) is 11.8 Å². The zero-order valence-corrected chi connectivity index (χ0v) is 15.4. The van der Waals surface area contributed by atoms with Crippen LogP contribution in [-0.4, -0.2) is 36.8 Å². The average Bonchev–Trinajstić information content (AvgIpc) is 3.30. The van der Waals surface area contributed by atoms with Crippen molar-refractivity contribution in [3.8, 4) is 0 Å². The number of aromatic nitrogens is 5. The third-order valence-corrected chi connectivity index (χ3v) is 7.35. The molecular weight excluding hydrogens is 344 g/mol. The van der Waals surface area contributed by atoms with Gasteiger partial charge in [-0.3, -0.25) is 4.79 Å². The molecule has 27 heavy (non-hydrogen) atoms. The van der Waals surface area contributed by atoms with Crippen LogP contribution in [0.1, 0.15) is 73.2 Å². The molecule has 7 rings (SSSR count). The Hall–Kier alpha value is -2.25. The second kappa shape index (κ2) is 5.39. The summed E-state index contributed by atoms with van der Waals surface area (Å²) in [4.78, 5) is 15.0. The van der Waals surface area contributed by atoms with Gasteiger partial charge in [-0.25, -0.2) is 0 Å². The number of rotatable bonds is 3. The molecule has 5 aliphatic rings. The lowest BCUT2D eigenvalue weighted by atomic mass is 9.50. The molecule has 0 saturated heterocycles. The first-order valence-corrected chi connectivity index (χ1v) is 10.2. The molecule has 5 aliphatic carbocycles. The molecule has 4 fully saturated rings. The molecule has 0 spiro atoms. The van der Waals surface area contributed by atoms with Crippen LogP contribution in [0.2, 0.25) is 0 Å².